The van der Waals surface area contributed by atoms with E-state index in [1.54, 1.807) is 0 Å². The summed E-state index contributed by atoms with van der Waals surface area (Å²) in [6.07, 6.45) is 5.57. The van der Waals surface area contributed by atoms with Crippen LogP contribution in [0.25, 0.3) is 0 Å². The summed E-state index contributed by atoms with van der Waals surface area (Å²) >= 11 is 0. The molecule has 1 aromatic carbocycles. The van der Waals surface area contributed by atoms with Gasteiger partial charge in [0.1, 0.15) is 18.5 Å². The molecular weight excluding hydrogens is 368 g/mol. The van der Waals surface area contributed by atoms with Gasteiger partial charge in [-0.15, -0.1) is 0 Å². The maximum Gasteiger partial charge on any atom is 0.123 e. The number of aryl methyl sites for hydroxylation is 1. The Balaban J connectivity index is 1.71. The number of epoxide rings is 1. The van der Waals surface area contributed by atoms with Gasteiger partial charge in [-0.1, -0.05) is 61.0 Å². The highest BCUT2D eigenvalue weighted by Crippen LogP contribution is 2.61. The van der Waals surface area contributed by atoms with Crippen LogP contribution in [0.5, 0.6) is 5.75 Å². The number of benzene rings is 1. The molecule has 1 aliphatic heterocycles. The van der Waals surface area contributed by atoms with Gasteiger partial charge < -0.3 is 9.47 Å². The molecule has 3 aliphatic rings. The standard InChI is InChI=1S/C28H44O2/c1-9-21-18(3)19-11-22(21)23(12-19)24-13-25(28(7,8)16-27(4,5)6)17(2)10-26(24)30-15-20-14-29-20/h10,13,18-23H,9,11-12,14-16H2,1-8H3. The van der Waals surface area contributed by atoms with E-state index in [2.05, 4.69) is 67.5 Å². The van der Waals surface area contributed by atoms with Crippen molar-refractivity contribution >= 4 is 0 Å². The van der Waals surface area contributed by atoms with Gasteiger partial charge in [0.15, 0.2) is 0 Å². The molecule has 1 aromatic rings. The quantitative estimate of drug-likeness (QED) is 0.439. The van der Waals surface area contributed by atoms with Crippen molar-refractivity contribution < 1.29 is 9.47 Å². The van der Waals surface area contributed by atoms with Gasteiger partial charge in [-0.25, -0.2) is 0 Å². The highest BCUT2D eigenvalue weighted by molar-refractivity contribution is 5.48. The van der Waals surface area contributed by atoms with Gasteiger partial charge in [0, 0.05) is 0 Å². The largest absolute Gasteiger partial charge is 0.490 e. The topological polar surface area (TPSA) is 21.8 Å². The summed E-state index contributed by atoms with van der Waals surface area (Å²) in [6.45, 7) is 20.7. The summed E-state index contributed by atoms with van der Waals surface area (Å²) < 4.78 is 11.8. The van der Waals surface area contributed by atoms with Crippen molar-refractivity contribution in [3.05, 3.63) is 28.8 Å². The molecule has 2 nitrogen and oxygen atoms in total. The molecule has 3 fully saturated rings. The van der Waals surface area contributed by atoms with Crippen LogP contribution >= 0.6 is 0 Å². The molecule has 2 aliphatic carbocycles. The summed E-state index contributed by atoms with van der Waals surface area (Å²) in [7, 11) is 0. The lowest BCUT2D eigenvalue weighted by Gasteiger charge is -2.37. The Kier molecular flexibility index (Phi) is 5.79. The molecule has 4 rings (SSSR count). The molecule has 2 saturated carbocycles. The lowest BCUT2D eigenvalue weighted by Crippen LogP contribution is -2.28. The van der Waals surface area contributed by atoms with Crippen molar-refractivity contribution in [2.24, 2.45) is 29.1 Å². The Hall–Kier alpha value is -1.02. The third kappa shape index (κ3) is 4.31. The third-order valence-corrected chi connectivity index (χ3v) is 8.37. The highest BCUT2D eigenvalue weighted by atomic mass is 16.6. The van der Waals surface area contributed by atoms with Crippen LogP contribution in [-0.2, 0) is 10.2 Å². The summed E-state index contributed by atoms with van der Waals surface area (Å²) in [5.41, 5.74) is 4.86. The minimum absolute atomic E-state index is 0.157. The van der Waals surface area contributed by atoms with E-state index in [0.29, 0.717) is 24.0 Å². The van der Waals surface area contributed by atoms with E-state index in [9.17, 15) is 0 Å². The normalized spacial score (nSPS) is 33.2. The maximum absolute atomic E-state index is 6.40. The lowest BCUT2D eigenvalue weighted by molar-refractivity contribution is 0.202. The van der Waals surface area contributed by atoms with E-state index >= 15 is 0 Å². The van der Waals surface area contributed by atoms with Crippen LogP contribution in [0.4, 0.5) is 0 Å². The molecule has 6 unspecified atom stereocenters. The van der Waals surface area contributed by atoms with E-state index in [1.807, 2.05) is 0 Å². The monoisotopic (exact) mass is 412 g/mol. The SMILES string of the molecule is CCC1C(C)C2CC(c3cc(C(C)(C)CC(C)(C)C)c(C)cc3OCC3CO3)C1C2. The van der Waals surface area contributed by atoms with E-state index in [4.69, 9.17) is 9.47 Å². The average Bonchev–Trinajstić information content (AvgIpc) is 3.28. The van der Waals surface area contributed by atoms with Crippen LogP contribution in [0.3, 0.4) is 0 Å². The van der Waals surface area contributed by atoms with Crippen molar-refractivity contribution in [1.82, 2.24) is 0 Å². The maximum atomic E-state index is 6.40. The van der Waals surface area contributed by atoms with Gasteiger partial charge in [-0.3, -0.25) is 0 Å². The van der Waals surface area contributed by atoms with Gasteiger partial charge in [-0.2, -0.15) is 0 Å². The zero-order valence-corrected chi connectivity index (χ0v) is 20.7. The van der Waals surface area contributed by atoms with Crippen molar-refractivity contribution in [2.45, 2.75) is 98.5 Å². The summed E-state index contributed by atoms with van der Waals surface area (Å²) in [5.74, 6) is 5.30. The van der Waals surface area contributed by atoms with Crippen LogP contribution < -0.4 is 4.74 Å². The number of hydrogen-bond donors (Lipinski definition) is 0. The first-order chi connectivity index (χ1) is 14.0. The van der Waals surface area contributed by atoms with Gasteiger partial charge >= 0.3 is 0 Å². The van der Waals surface area contributed by atoms with Crippen LogP contribution in [-0.4, -0.2) is 19.3 Å². The lowest BCUT2D eigenvalue weighted by atomic mass is 9.68. The molecule has 30 heavy (non-hydrogen) atoms. The Morgan fingerprint density at radius 3 is 2.37 bits per heavy atom. The van der Waals surface area contributed by atoms with Crippen molar-refractivity contribution in [2.75, 3.05) is 13.2 Å². The zero-order valence-electron chi connectivity index (χ0n) is 20.7. The van der Waals surface area contributed by atoms with Crippen LogP contribution in [0, 0.1) is 36.0 Å². The van der Waals surface area contributed by atoms with Gasteiger partial charge in [0.05, 0.1) is 6.61 Å². The second-order valence-corrected chi connectivity index (χ2v) is 12.5. The van der Waals surface area contributed by atoms with Gasteiger partial charge in [-0.05, 0) is 89.4 Å². The number of hydrogen-bond acceptors (Lipinski definition) is 2. The summed E-state index contributed by atoms with van der Waals surface area (Å²) in [6, 6.07) is 4.92. The molecule has 6 atom stereocenters. The molecule has 0 radical (unpaired) electrons. The minimum atomic E-state index is 0.157. The van der Waals surface area contributed by atoms with E-state index in [-0.39, 0.29) is 5.41 Å². The number of rotatable bonds is 7. The fraction of sp³-hybridized carbons (Fsp3) is 0.786. The Morgan fingerprint density at radius 2 is 1.80 bits per heavy atom. The number of ether oxygens (including phenoxy) is 2. The van der Waals surface area contributed by atoms with E-state index < -0.39 is 0 Å². The Bertz CT molecular complexity index is 768. The van der Waals surface area contributed by atoms with Crippen LogP contribution in [0.15, 0.2) is 12.1 Å². The first-order valence-corrected chi connectivity index (χ1v) is 12.4. The van der Waals surface area contributed by atoms with Crippen molar-refractivity contribution in [3.63, 3.8) is 0 Å². The molecule has 2 heteroatoms. The molecule has 2 bridgehead atoms. The molecule has 1 heterocycles. The van der Waals surface area contributed by atoms with Gasteiger partial charge in [0.2, 0.25) is 0 Å². The second-order valence-electron chi connectivity index (χ2n) is 12.5. The number of fused-ring (bicyclic) bond motifs is 2. The second kappa shape index (κ2) is 7.84. The molecule has 0 aromatic heterocycles. The predicted octanol–water partition coefficient (Wildman–Crippen LogP) is 7.27. The molecular formula is C28H44O2. The first-order valence-electron chi connectivity index (χ1n) is 12.4. The fourth-order valence-electron chi connectivity index (χ4n) is 7.40. The summed E-state index contributed by atoms with van der Waals surface area (Å²) in [5, 5.41) is 0. The van der Waals surface area contributed by atoms with Crippen LogP contribution in [0.2, 0.25) is 0 Å². The third-order valence-electron chi connectivity index (χ3n) is 8.37. The highest BCUT2D eigenvalue weighted by Gasteiger charge is 2.51. The van der Waals surface area contributed by atoms with Gasteiger partial charge in [0.25, 0.3) is 0 Å². The molecule has 0 amide bonds. The minimum Gasteiger partial charge on any atom is -0.490 e. The fourth-order valence-corrected chi connectivity index (χ4v) is 7.40. The predicted molar refractivity (Wildman–Crippen MR) is 125 cm³/mol. The Labute approximate surface area is 185 Å². The van der Waals surface area contributed by atoms with E-state index in [1.165, 1.54) is 42.4 Å². The smallest absolute Gasteiger partial charge is 0.123 e. The zero-order chi connectivity index (χ0) is 21.8. The first kappa shape index (κ1) is 22.2. The van der Waals surface area contributed by atoms with E-state index in [0.717, 1.165) is 36.0 Å². The molecule has 168 valence electrons. The average molecular weight is 413 g/mol. The van der Waals surface area contributed by atoms with Crippen LogP contribution in [0.1, 0.15) is 96.8 Å². The molecule has 0 N–H and O–H groups in total. The molecule has 1 saturated heterocycles. The summed E-state index contributed by atoms with van der Waals surface area (Å²) in [4.78, 5) is 0. The molecule has 0 spiro atoms. The Morgan fingerprint density at radius 1 is 1.10 bits per heavy atom. The van der Waals surface area contributed by atoms with Crippen molar-refractivity contribution in [3.8, 4) is 5.75 Å². The van der Waals surface area contributed by atoms with Crippen molar-refractivity contribution in [1.29, 1.82) is 0 Å².